The summed E-state index contributed by atoms with van der Waals surface area (Å²) >= 11 is 0. The van der Waals surface area contributed by atoms with Crippen LogP contribution in [-0.2, 0) is 11.8 Å². The lowest BCUT2D eigenvalue weighted by Gasteiger charge is -1.99. The van der Waals surface area contributed by atoms with Gasteiger partial charge in [0.1, 0.15) is 11.4 Å². The number of H-pyrrole nitrogens is 1. The highest BCUT2D eigenvalue weighted by molar-refractivity contribution is 5.94. The Hall–Kier alpha value is -3.68. The van der Waals surface area contributed by atoms with Crippen molar-refractivity contribution in [3.8, 4) is 11.4 Å². The van der Waals surface area contributed by atoms with Gasteiger partial charge in [0, 0.05) is 13.2 Å². The van der Waals surface area contributed by atoms with Crippen molar-refractivity contribution < 1.29 is 14.3 Å². The first kappa shape index (κ1) is 17.2. The van der Waals surface area contributed by atoms with Gasteiger partial charge in [-0.3, -0.25) is 9.89 Å². The molecule has 0 aliphatic carbocycles. The van der Waals surface area contributed by atoms with E-state index in [1.54, 1.807) is 30.3 Å². The zero-order valence-corrected chi connectivity index (χ0v) is 14.3. The first-order valence-corrected chi connectivity index (χ1v) is 7.77. The van der Waals surface area contributed by atoms with Gasteiger partial charge in [0.05, 0.1) is 24.6 Å². The van der Waals surface area contributed by atoms with Crippen LogP contribution in [0.4, 0.5) is 0 Å². The molecule has 3 rings (SSSR count). The van der Waals surface area contributed by atoms with Gasteiger partial charge in [0.15, 0.2) is 0 Å². The second-order valence-electron chi connectivity index (χ2n) is 5.48. The standard InChI is InChI=1S/C18H17N5O3/c1-23-9-3-4-16(23)14-10-15(21-20-14)17(24)22-19-11-12-5-7-13(8-6-12)18(25)26-2/h3-11H,1-2H3,(H,20,21)(H,22,24). The smallest absolute Gasteiger partial charge is 0.337 e. The van der Waals surface area contributed by atoms with Crippen molar-refractivity contribution in [2.45, 2.75) is 0 Å². The Bertz CT molecular complexity index is 953. The van der Waals surface area contributed by atoms with E-state index < -0.39 is 11.9 Å². The number of methoxy groups -OCH3 is 1. The van der Waals surface area contributed by atoms with Crippen molar-refractivity contribution >= 4 is 18.1 Å². The highest BCUT2D eigenvalue weighted by atomic mass is 16.5. The van der Waals surface area contributed by atoms with Gasteiger partial charge >= 0.3 is 5.97 Å². The summed E-state index contributed by atoms with van der Waals surface area (Å²) in [5.41, 5.74) is 5.48. The van der Waals surface area contributed by atoms with Crippen LogP contribution in [0.3, 0.4) is 0 Å². The number of nitrogens with one attached hydrogen (secondary N) is 2. The molecule has 0 aliphatic rings. The number of benzene rings is 1. The number of aromatic amines is 1. The molecular weight excluding hydrogens is 334 g/mol. The Kier molecular flexibility index (Phi) is 4.93. The number of nitrogens with zero attached hydrogens (tertiary/aromatic N) is 3. The number of aromatic nitrogens is 3. The molecule has 8 nitrogen and oxygen atoms in total. The minimum absolute atomic E-state index is 0.305. The molecular formula is C18H17N5O3. The van der Waals surface area contributed by atoms with Crippen LogP contribution in [0.1, 0.15) is 26.4 Å². The van der Waals surface area contributed by atoms with Gasteiger partial charge in [0.25, 0.3) is 5.91 Å². The van der Waals surface area contributed by atoms with E-state index in [-0.39, 0.29) is 0 Å². The number of hydrogen-bond acceptors (Lipinski definition) is 5. The van der Waals surface area contributed by atoms with Gasteiger partial charge in [-0.25, -0.2) is 10.2 Å². The van der Waals surface area contributed by atoms with Crippen LogP contribution < -0.4 is 5.43 Å². The van der Waals surface area contributed by atoms with Crippen LogP contribution >= 0.6 is 0 Å². The van der Waals surface area contributed by atoms with E-state index in [2.05, 4.69) is 25.5 Å². The monoisotopic (exact) mass is 351 g/mol. The molecule has 2 heterocycles. The number of esters is 1. The van der Waals surface area contributed by atoms with Crippen molar-refractivity contribution in [3.05, 3.63) is 65.5 Å². The van der Waals surface area contributed by atoms with E-state index in [0.717, 1.165) is 11.3 Å². The first-order valence-electron chi connectivity index (χ1n) is 7.77. The Morgan fingerprint density at radius 2 is 2.04 bits per heavy atom. The molecule has 0 fully saturated rings. The molecule has 1 aromatic carbocycles. The first-order chi connectivity index (χ1) is 12.6. The highest BCUT2D eigenvalue weighted by Gasteiger charge is 2.11. The number of hydrogen-bond donors (Lipinski definition) is 2. The van der Waals surface area contributed by atoms with Gasteiger partial charge in [-0.1, -0.05) is 12.1 Å². The second-order valence-corrected chi connectivity index (χ2v) is 5.48. The summed E-state index contributed by atoms with van der Waals surface area (Å²) in [6, 6.07) is 12.1. The van der Waals surface area contributed by atoms with Crippen LogP contribution in [0.5, 0.6) is 0 Å². The molecule has 26 heavy (non-hydrogen) atoms. The Labute approximate surface area is 149 Å². The van der Waals surface area contributed by atoms with Crippen molar-refractivity contribution in [3.63, 3.8) is 0 Å². The number of aryl methyl sites for hydroxylation is 1. The summed E-state index contributed by atoms with van der Waals surface area (Å²) in [5.74, 6) is -0.810. The molecule has 0 unspecified atom stereocenters. The second kappa shape index (κ2) is 7.47. The maximum Gasteiger partial charge on any atom is 0.337 e. The zero-order chi connectivity index (χ0) is 18.5. The third kappa shape index (κ3) is 3.69. The lowest BCUT2D eigenvalue weighted by atomic mass is 10.1. The average molecular weight is 351 g/mol. The molecule has 132 valence electrons. The minimum atomic E-state index is -0.407. The Balaban J connectivity index is 1.62. The number of carbonyl (C=O) groups excluding carboxylic acids is 2. The van der Waals surface area contributed by atoms with E-state index in [9.17, 15) is 9.59 Å². The molecule has 3 aromatic rings. The molecule has 0 saturated heterocycles. The third-order valence-corrected chi connectivity index (χ3v) is 3.74. The minimum Gasteiger partial charge on any atom is -0.465 e. The largest absolute Gasteiger partial charge is 0.465 e. The molecule has 8 heteroatoms. The molecule has 0 aliphatic heterocycles. The maximum atomic E-state index is 12.1. The molecule has 2 aromatic heterocycles. The van der Waals surface area contributed by atoms with Gasteiger partial charge in [0.2, 0.25) is 0 Å². The lowest BCUT2D eigenvalue weighted by molar-refractivity contribution is 0.0600. The predicted octanol–water partition coefficient (Wildman–Crippen LogP) is 1.97. The normalized spacial score (nSPS) is 10.8. The van der Waals surface area contributed by atoms with E-state index >= 15 is 0 Å². The molecule has 1 amide bonds. The lowest BCUT2D eigenvalue weighted by Crippen LogP contribution is -2.18. The summed E-state index contributed by atoms with van der Waals surface area (Å²) in [5, 5.41) is 10.7. The molecule has 0 spiro atoms. The van der Waals surface area contributed by atoms with E-state index in [1.165, 1.54) is 13.3 Å². The Morgan fingerprint density at radius 1 is 1.27 bits per heavy atom. The number of ether oxygens (including phenoxy) is 1. The summed E-state index contributed by atoms with van der Waals surface area (Å²) in [6.45, 7) is 0. The Morgan fingerprint density at radius 3 is 2.69 bits per heavy atom. The predicted molar refractivity (Wildman–Crippen MR) is 95.8 cm³/mol. The van der Waals surface area contributed by atoms with E-state index in [0.29, 0.717) is 17.0 Å². The molecule has 0 bridgehead atoms. The van der Waals surface area contributed by atoms with E-state index in [4.69, 9.17) is 0 Å². The topological polar surface area (TPSA) is 101 Å². The maximum absolute atomic E-state index is 12.1. The van der Waals surface area contributed by atoms with Gasteiger partial charge in [-0.15, -0.1) is 0 Å². The highest BCUT2D eigenvalue weighted by Crippen LogP contribution is 2.17. The summed E-state index contributed by atoms with van der Waals surface area (Å²) < 4.78 is 6.54. The average Bonchev–Trinajstić information content (AvgIpc) is 3.30. The van der Waals surface area contributed by atoms with Crippen LogP contribution in [0.2, 0.25) is 0 Å². The molecule has 0 radical (unpaired) electrons. The van der Waals surface area contributed by atoms with Crippen LogP contribution in [0.15, 0.2) is 53.8 Å². The van der Waals surface area contributed by atoms with Gasteiger partial charge in [-0.05, 0) is 35.9 Å². The summed E-state index contributed by atoms with van der Waals surface area (Å²) in [7, 11) is 3.23. The number of carbonyl (C=O) groups is 2. The quantitative estimate of drug-likeness (QED) is 0.417. The van der Waals surface area contributed by atoms with Crippen LogP contribution in [0, 0.1) is 0 Å². The summed E-state index contributed by atoms with van der Waals surface area (Å²) in [6.07, 6.45) is 3.38. The zero-order valence-electron chi connectivity index (χ0n) is 14.3. The fourth-order valence-corrected chi connectivity index (χ4v) is 2.35. The SMILES string of the molecule is COC(=O)c1ccc(C=NNC(=O)c2cc(-c3cccn3C)n[nH]2)cc1. The number of rotatable bonds is 5. The fraction of sp³-hybridized carbons (Fsp3) is 0.111. The van der Waals surface area contributed by atoms with Crippen LogP contribution in [0.25, 0.3) is 11.4 Å². The van der Waals surface area contributed by atoms with Gasteiger partial charge in [-0.2, -0.15) is 10.2 Å². The number of hydrazone groups is 1. The van der Waals surface area contributed by atoms with Gasteiger partial charge < -0.3 is 9.30 Å². The number of amides is 1. The fourth-order valence-electron chi connectivity index (χ4n) is 2.35. The third-order valence-electron chi connectivity index (χ3n) is 3.74. The van der Waals surface area contributed by atoms with Crippen molar-refractivity contribution in [2.75, 3.05) is 7.11 Å². The summed E-state index contributed by atoms with van der Waals surface area (Å²) in [4.78, 5) is 23.5. The van der Waals surface area contributed by atoms with Crippen molar-refractivity contribution in [1.29, 1.82) is 0 Å². The molecule has 2 N–H and O–H groups in total. The van der Waals surface area contributed by atoms with Crippen molar-refractivity contribution in [1.82, 2.24) is 20.2 Å². The molecule has 0 atom stereocenters. The molecule has 0 saturated carbocycles. The van der Waals surface area contributed by atoms with Crippen molar-refractivity contribution in [2.24, 2.45) is 12.1 Å². The van der Waals surface area contributed by atoms with E-state index in [1.807, 2.05) is 29.9 Å². The van der Waals surface area contributed by atoms with Crippen LogP contribution in [-0.4, -0.2) is 40.0 Å².